The Morgan fingerprint density at radius 3 is 2.68 bits per heavy atom. The fourth-order valence-corrected chi connectivity index (χ4v) is 3.22. The maximum atomic E-state index is 11.9. The van der Waals surface area contributed by atoms with Crippen LogP contribution in [0.1, 0.15) is 30.2 Å². The van der Waals surface area contributed by atoms with Crippen LogP contribution in [0, 0.1) is 25.7 Å². The summed E-state index contributed by atoms with van der Waals surface area (Å²) >= 11 is 9.89. The molecule has 0 aliphatic carbocycles. The summed E-state index contributed by atoms with van der Waals surface area (Å²) in [4.78, 5) is 27.9. The summed E-state index contributed by atoms with van der Waals surface area (Å²) in [6.07, 6.45) is 3.19. The molecule has 2 N–H and O–H groups in total. The largest absolute Gasteiger partial charge is 0.368 e. The molecule has 2 rings (SSSR count). The van der Waals surface area contributed by atoms with E-state index in [0.29, 0.717) is 24.5 Å². The van der Waals surface area contributed by atoms with Crippen molar-refractivity contribution in [3.63, 3.8) is 0 Å². The van der Waals surface area contributed by atoms with Crippen molar-refractivity contribution in [2.24, 2.45) is 0 Å². The zero-order chi connectivity index (χ0) is 20.8. The summed E-state index contributed by atoms with van der Waals surface area (Å²) in [7, 11) is 1.81. The maximum absolute atomic E-state index is 11.9. The summed E-state index contributed by atoms with van der Waals surface area (Å²) in [6.45, 7) is 6.50. The van der Waals surface area contributed by atoms with Crippen LogP contribution in [-0.4, -0.2) is 35.0 Å². The maximum Gasteiger partial charge on any atom is 0.223 e. The number of nitrogens with two attached hydrogens (primary N) is 1. The van der Waals surface area contributed by atoms with Crippen molar-refractivity contribution in [3.8, 4) is 11.8 Å². The lowest BCUT2D eigenvalue weighted by molar-refractivity contribution is -0.107. The predicted molar refractivity (Wildman–Crippen MR) is 116 cm³/mol. The Balaban J connectivity index is 2.48. The number of nitrogen functional groups attached to an aromatic ring is 1. The molecule has 2 aromatic rings. The van der Waals surface area contributed by atoms with Gasteiger partial charge >= 0.3 is 0 Å². The van der Waals surface area contributed by atoms with Crippen LogP contribution in [0.25, 0.3) is 0 Å². The van der Waals surface area contributed by atoms with E-state index >= 15 is 0 Å². The van der Waals surface area contributed by atoms with Crippen LogP contribution in [0.4, 0.5) is 17.5 Å². The Hall–Kier alpha value is -2.37. The van der Waals surface area contributed by atoms with Crippen molar-refractivity contribution in [3.05, 3.63) is 32.6 Å². The number of carbonyl (C=O) groups is 1. The third-order valence-corrected chi connectivity index (χ3v) is 5.57. The topological polar surface area (TPSA) is 88.2 Å². The van der Waals surface area contributed by atoms with Gasteiger partial charge in [0.1, 0.15) is 5.69 Å². The highest BCUT2D eigenvalue weighted by atomic mass is 79.9. The summed E-state index contributed by atoms with van der Waals surface area (Å²) in [5, 5.41) is 0.157. The van der Waals surface area contributed by atoms with Crippen molar-refractivity contribution in [1.82, 2.24) is 15.0 Å². The Kier molecular flexibility index (Phi) is 7.61. The number of nitrogens with zero attached hydrogens (tertiary/aromatic N) is 5. The molecule has 2 aromatic heterocycles. The van der Waals surface area contributed by atoms with Gasteiger partial charge in [0.25, 0.3) is 0 Å². The SMILES string of the molecule is CCC#CCN(C)c1c(Cl)nc(N)nc1N(C=O)Cc1ncc(C)c(Br)c1C. The number of carbonyl (C=O) groups excluding carboxylic acids is 1. The van der Waals surface area contributed by atoms with E-state index in [0.717, 1.165) is 27.7 Å². The summed E-state index contributed by atoms with van der Waals surface area (Å²) in [5.74, 6) is 6.34. The zero-order valence-electron chi connectivity index (χ0n) is 16.3. The number of halogens is 2. The minimum atomic E-state index is -0.0154. The highest BCUT2D eigenvalue weighted by Crippen LogP contribution is 2.34. The van der Waals surface area contributed by atoms with Crippen LogP contribution in [0.5, 0.6) is 0 Å². The second-order valence-corrected chi connectivity index (χ2v) is 7.32. The van der Waals surface area contributed by atoms with Gasteiger partial charge in [-0.1, -0.05) is 40.4 Å². The van der Waals surface area contributed by atoms with Crippen molar-refractivity contribution < 1.29 is 4.79 Å². The van der Waals surface area contributed by atoms with E-state index in [1.165, 1.54) is 4.90 Å². The van der Waals surface area contributed by atoms with Gasteiger partial charge in [-0.25, -0.2) is 0 Å². The molecule has 0 atom stereocenters. The molecular weight excluding hydrogens is 444 g/mol. The average Bonchev–Trinajstić information content (AvgIpc) is 2.65. The van der Waals surface area contributed by atoms with Crippen LogP contribution in [-0.2, 0) is 11.3 Å². The molecule has 0 aliphatic rings. The lowest BCUT2D eigenvalue weighted by Gasteiger charge is -2.25. The van der Waals surface area contributed by atoms with Crippen LogP contribution < -0.4 is 15.5 Å². The molecule has 0 saturated carbocycles. The third-order valence-electron chi connectivity index (χ3n) is 4.08. The normalized spacial score (nSPS) is 10.2. The van der Waals surface area contributed by atoms with Crippen molar-refractivity contribution >= 4 is 51.4 Å². The van der Waals surface area contributed by atoms with E-state index < -0.39 is 0 Å². The number of hydrogen-bond acceptors (Lipinski definition) is 6. The van der Waals surface area contributed by atoms with E-state index in [4.69, 9.17) is 17.3 Å². The van der Waals surface area contributed by atoms with Gasteiger partial charge in [-0.05, 0) is 25.0 Å². The van der Waals surface area contributed by atoms with Gasteiger partial charge in [-0.3, -0.25) is 14.7 Å². The Labute approximate surface area is 178 Å². The van der Waals surface area contributed by atoms with Gasteiger partial charge in [0, 0.05) is 24.1 Å². The second kappa shape index (κ2) is 9.71. The first-order valence-electron chi connectivity index (χ1n) is 8.62. The van der Waals surface area contributed by atoms with Gasteiger partial charge in [0.15, 0.2) is 11.0 Å². The summed E-state index contributed by atoms with van der Waals surface area (Å²) in [6, 6.07) is 0. The minimum absolute atomic E-state index is 0.0154. The molecule has 0 bridgehead atoms. The standard InChI is InChI=1S/C19H22BrClN6O/c1-5-6-7-8-26(4)16-17(21)24-19(22)25-18(16)27(11-28)10-14-13(3)15(20)12(2)9-23-14/h9,11H,5,8,10H2,1-4H3,(H2,22,24,25). The molecule has 0 unspecified atom stereocenters. The van der Waals surface area contributed by atoms with Gasteiger partial charge in [-0.2, -0.15) is 9.97 Å². The first-order valence-corrected chi connectivity index (χ1v) is 9.79. The number of amides is 1. The quantitative estimate of drug-likeness (QED) is 0.399. The molecule has 0 spiro atoms. The first-order chi connectivity index (χ1) is 13.3. The number of aromatic nitrogens is 3. The van der Waals surface area contributed by atoms with Crippen LogP contribution in [0.2, 0.25) is 5.15 Å². The Bertz CT molecular complexity index is 940. The summed E-state index contributed by atoms with van der Waals surface area (Å²) in [5.41, 5.74) is 8.97. The number of aryl methyl sites for hydroxylation is 1. The smallest absolute Gasteiger partial charge is 0.223 e. The van der Waals surface area contributed by atoms with Gasteiger partial charge in [-0.15, -0.1) is 5.92 Å². The number of pyridine rings is 1. The molecule has 148 valence electrons. The monoisotopic (exact) mass is 464 g/mol. The van der Waals surface area contributed by atoms with Crippen molar-refractivity contribution in [1.29, 1.82) is 0 Å². The van der Waals surface area contributed by atoms with Crippen LogP contribution in [0.3, 0.4) is 0 Å². The van der Waals surface area contributed by atoms with Gasteiger partial charge < -0.3 is 10.6 Å². The van der Waals surface area contributed by atoms with E-state index in [-0.39, 0.29) is 17.6 Å². The van der Waals surface area contributed by atoms with Gasteiger partial charge in [0.05, 0.1) is 18.8 Å². The van der Waals surface area contributed by atoms with Crippen molar-refractivity contribution in [2.75, 3.05) is 29.1 Å². The van der Waals surface area contributed by atoms with Gasteiger partial charge in [0.2, 0.25) is 12.4 Å². The minimum Gasteiger partial charge on any atom is -0.368 e. The van der Waals surface area contributed by atoms with Crippen molar-refractivity contribution in [2.45, 2.75) is 33.7 Å². The zero-order valence-corrected chi connectivity index (χ0v) is 18.6. The molecule has 7 nitrogen and oxygen atoms in total. The number of hydrogen-bond donors (Lipinski definition) is 1. The Morgan fingerprint density at radius 2 is 2.04 bits per heavy atom. The summed E-state index contributed by atoms with van der Waals surface area (Å²) < 4.78 is 0.954. The Morgan fingerprint density at radius 1 is 1.32 bits per heavy atom. The molecule has 9 heteroatoms. The van der Waals surface area contributed by atoms with Crippen LogP contribution >= 0.6 is 27.5 Å². The molecule has 0 aliphatic heterocycles. The molecule has 0 fully saturated rings. The lowest BCUT2D eigenvalue weighted by atomic mass is 10.1. The van der Waals surface area contributed by atoms with E-state index in [2.05, 4.69) is 42.7 Å². The lowest BCUT2D eigenvalue weighted by Crippen LogP contribution is -2.28. The third kappa shape index (κ3) is 4.91. The first kappa shape index (κ1) is 21.9. The van der Waals surface area contributed by atoms with E-state index in [1.807, 2.05) is 27.8 Å². The highest BCUT2D eigenvalue weighted by Gasteiger charge is 2.22. The number of rotatable bonds is 6. The molecule has 2 heterocycles. The second-order valence-electron chi connectivity index (χ2n) is 6.17. The molecular formula is C19H22BrClN6O. The molecule has 0 radical (unpaired) electrons. The number of anilines is 3. The fourth-order valence-electron chi connectivity index (χ4n) is 2.57. The highest BCUT2D eigenvalue weighted by molar-refractivity contribution is 9.10. The molecule has 0 saturated heterocycles. The molecule has 1 amide bonds. The molecule has 0 aromatic carbocycles. The van der Waals surface area contributed by atoms with E-state index in [1.54, 1.807) is 11.1 Å². The molecule has 28 heavy (non-hydrogen) atoms. The predicted octanol–water partition coefficient (Wildman–Crippen LogP) is 3.50. The average molecular weight is 466 g/mol. The van der Waals surface area contributed by atoms with E-state index in [9.17, 15) is 4.79 Å². The fraction of sp³-hybridized carbons (Fsp3) is 0.368. The van der Waals surface area contributed by atoms with Crippen LogP contribution in [0.15, 0.2) is 10.7 Å².